The van der Waals surface area contributed by atoms with Crippen LogP contribution >= 0.6 is 0 Å². The van der Waals surface area contributed by atoms with Gasteiger partial charge in [-0.05, 0) is 26.4 Å². The van der Waals surface area contributed by atoms with Crippen LogP contribution in [0.5, 0.6) is 0 Å². The lowest BCUT2D eigenvalue weighted by molar-refractivity contribution is 0.210. The van der Waals surface area contributed by atoms with Crippen molar-refractivity contribution in [3.63, 3.8) is 0 Å². The summed E-state index contributed by atoms with van der Waals surface area (Å²) in [5, 5.41) is 0. The van der Waals surface area contributed by atoms with Crippen molar-refractivity contribution in [1.29, 1.82) is 0 Å². The standard InChI is InChI=1S/C11H16BNO/c1-9-11(14-12(2)13(9)3)10-7-5-4-6-8-10/h4-9,11H,1-3H3. The maximum Gasteiger partial charge on any atom is 0.379 e. The molecule has 2 atom stereocenters. The molecule has 1 aromatic rings. The van der Waals surface area contributed by atoms with Crippen molar-refractivity contribution in [3.05, 3.63) is 35.9 Å². The Morgan fingerprint density at radius 3 is 2.43 bits per heavy atom. The quantitative estimate of drug-likeness (QED) is 0.628. The van der Waals surface area contributed by atoms with Crippen LogP contribution in [-0.2, 0) is 4.65 Å². The molecule has 0 spiro atoms. The zero-order valence-electron chi connectivity index (χ0n) is 8.97. The van der Waals surface area contributed by atoms with Crippen molar-refractivity contribution in [2.45, 2.75) is 25.9 Å². The van der Waals surface area contributed by atoms with Crippen molar-refractivity contribution in [3.8, 4) is 0 Å². The Morgan fingerprint density at radius 2 is 1.93 bits per heavy atom. The first-order chi connectivity index (χ1) is 6.70. The average Bonchev–Trinajstić information content (AvgIpc) is 2.47. The van der Waals surface area contributed by atoms with Crippen molar-refractivity contribution < 1.29 is 4.65 Å². The maximum atomic E-state index is 5.90. The van der Waals surface area contributed by atoms with Gasteiger partial charge < -0.3 is 9.47 Å². The fourth-order valence-corrected chi connectivity index (χ4v) is 1.97. The Labute approximate surface area is 86.0 Å². The van der Waals surface area contributed by atoms with Gasteiger partial charge in [0.15, 0.2) is 0 Å². The van der Waals surface area contributed by atoms with E-state index in [0.29, 0.717) is 6.04 Å². The summed E-state index contributed by atoms with van der Waals surface area (Å²) < 4.78 is 5.90. The third-order valence-electron chi connectivity index (χ3n) is 3.13. The molecule has 0 N–H and O–H groups in total. The lowest BCUT2D eigenvalue weighted by atomic mass is 9.86. The molecule has 1 heterocycles. The Hall–Kier alpha value is -0.795. The molecule has 3 heteroatoms. The molecule has 0 aliphatic carbocycles. The van der Waals surface area contributed by atoms with E-state index in [4.69, 9.17) is 4.65 Å². The molecule has 0 bridgehead atoms. The molecule has 1 aromatic carbocycles. The highest BCUT2D eigenvalue weighted by Crippen LogP contribution is 2.31. The molecule has 1 aliphatic heterocycles. The Kier molecular flexibility index (Phi) is 2.61. The van der Waals surface area contributed by atoms with Gasteiger partial charge in [0, 0.05) is 6.04 Å². The van der Waals surface area contributed by atoms with Gasteiger partial charge in [0.05, 0.1) is 6.10 Å². The SMILES string of the molecule is CB1OC(c2ccccc2)C(C)N1C. The van der Waals surface area contributed by atoms with Crippen molar-refractivity contribution >= 4 is 7.05 Å². The zero-order chi connectivity index (χ0) is 10.1. The highest BCUT2D eigenvalue weighted by molar-refractivity contribution is 6.47. The Bertz CT molecular complexity index is 303. The van der Waals surface area contributed by atoms with Crippen LogP contribution in [-0.4, -0.2) is 25.0 Å². The number of hydrogen-bond acceptors (Lipinski definition) is 2. The van der Waals surface area contributed by atoms with Crippen molar-refractivity contribution in [2.24, 2.45) is 0 Å². The summed E-state index contributed by atoms with van der Waals surface area (Å²) in [5.41, 5.74) is 1.27. The summed E-state index contributed by atoms with van der Waals surface area (Å²) >= 11 is 0. The zero-order valence-corrected chi connectivity index (χ0v) is 8.97. The summed E-state index contributed by atoms with van der Waals surface area (Å²) in [6.45, 7) is 4.31. The second-order valence-corrected chi connectivity index (χ2v) is 3.97. The van der Waals surface area contributed by atoms with Gasteiger partial charge in [0.25, 0.3) is 0 Å². The minimum atomic E-state index is 0.218. The van der Waals surface area contributed by atoms with E-state index < -0.39 is 0 Å². The normalized spacial score (nSPS) is 28.4. The molecule has 0 aromatic heterocycles. The summed E-state index contributed by atoms with van der Waals surface area (Å²) in [6.07, 6.45) is 0.219. The molecule has 74 valence electrons. The van der Waals surface area contributed by atoms with Crippen LogP contribution < -0.4 is 0 Å². The summed E-state index contributed by atoms with van der Waals surface area (Å²) in [7, 11) is 2.33. The van der Waals surface area contributed by atoms with E-state index in [1.807, 2.05) is 6.07 Å². The Balaban J connectivity index is 2.21. The fraction of sp³-hybridized carbons (Fsp3) is 0.455. The number of likely N-dealkylation sites (N-methyl/N-ethyl adjacent to an activating group) is 1. The van der Waals surface area contributed by atoms with Gasteiger partial charge in [-0.15, -0.1) is 0 Å². The molecular formula is C11H16BNO. The van der Waals surface area contributed by atoms with E-state index in [9.17, 15) is 0 Å². The number of hydrogen-bond donors (Lipinski definition) is 0. The third-order valence-corrected chi connectivity index (χ3v) is 3.13. The molecule has 2 rings (SSSR count). The van der Waals surface area contributed by atoms with E-state index in [-0.39, 0.29) is 13.2 Å². The van der Waals surface area contributed by atoms with Crippen LogP contribution in [0, 0.1) is 0 Å². The van der Waals surface area contributed by atoms with E-state index in [0.717, 1.165) is 0 Å². The number of nitrogens with zero attached hydrogens (tertiary/aromatic N) is 1. The molecule has 2 unspecified atom stereocenters. The highest BCUT2D eigenvalue weighted by atomic mass is 16.5. The van der Waals surface area contributed by atoms with Gasteiger partial charge in [-0.2, -0.15) is 0 Å². The van der Waals surface area contributed by atoms with E-state index in [1.54, 1.807) is 0 Å². The monoisotopic (exact) mass is 189 g/mol. The van der Waals surface area contributed by atoms with Crippen LogP contribution in [0.25, 0.3) is 0 Å². The van der Waals surface area contributed by atoms with Crippen LogP contribution in [0.1, 0.15) is 18.6 Å². The predicted octanol–water partition coefficient (Wildman–Crippen LogP) is 2.20. The Morgan fingerprint density at radius 1 is 1.29 bits per heavy atom. The molecule has 0 saturated carbocycles. The van der Waals surface area contributed by atoms with Gasteiger partial charge in [-0.3, -0.25) is 0 Å². The molecule has 1 fully saturated rings. The number of benzene rings is 1. The molecule has 1 aliphatic rings. The van der Waals surface area contributed by atoms with Crippen molar-refractivity contribution in [2.75, 3.05) is 7.05 Å². The van der Waals surface area contributed by atoms with Crippen molar-refractivity contribution in [1.82, 2.24) is 4.81 Å². The molecule has 1 saturated heterocycles. The topological polar surface area (TPSA) is 12.5 Å². The highest BCUT2D eigenvalue weighted by Gasteiger charge is 2.37. The van der Waals surface area contributed by atoms with Gasteiger partial charge >= 0.3 is 7.05 Å². The minimum Gasteiger partial charge on any atom is -0.413 e. The van der Waals surface area contributed by atoms with Crippen LogP contribution in [0.4, 0.5) is 0 Å². The first kappa shape index (κ1) is 9.75. The first-order valence-corrected chi connectivity index (χ1v) is 5.12. The maximum absolute atomic E-state index is 5.90. The summed E-state index contributed by atoms with van der Waals surface area (Å²) in [6, 6.07) is 10.9. The van der Waals surface area contributed by atoms with Gasteiger partial charge in [0.1, 0.15) is 0 Å². The largest absolute Gasteiger partial charge is 0.413 e. The minimum absolute atomic E-state index is 0.218. The predicted molar refractivity (Wildman–Crippen MR) is 59.1 cm³/mol. The average molecular weight is 189 g/mol. The van der Waals surface area contributed by atoms with Crippen LogP contribution in [0.3, 0.4) is 0 Å². The van der Waals surface area contributed by atoms with E-state index in [2.05, 4.69) is 49.9 Å². The van der Waals surface area contributed by atoms with Gasteiger partial charge in [-0.1, -0.05) is 30.3 Å². The lowest BCUT2D eigenvalue weighted by Crippen LogP contribution is -2.32. The van der Waals surface area contributed by atoms with E-state index >= 15 is 0 Å². The molecular weight excluding hydrogens is 173 g/mol. The second-order valence-electron chi connectivity index (χ2n) is 3.97. The molecule has 2 nitrogen and oxygen atoms in total. The van der Waals surface area contributed by atoms with Gasteiger partial charge in [-0.25, -0.2) is 0 Å². The summed E-state index contributed by atoms with van der Waals surface area (Å²) in [4.78, 5) is 2.26. The van der Waals surface area contributed by atoms with Crippen LogP contribution in [0.2, 0.25) is 6.82 Å². The van der Waals surface area contributed by atoms with E-state index in [1.165, 1.54) is 5.56 Å². The number of rotatable bonds is 1. The third kappa shape index (κ3) is 1.58. The lowest BCUT2D eigenvalue weighted by Gasteiger charge is -2.19. The summed E-state index contributed by atoms with van der Waals surface area (Å²) in [5.74, 6) is 0. The fourth-order valence-electron chi connectivity index (χ4n) is 1.97. The molecule has 14 heavy (non-hydrogen) atoms. The smallest absolute Gasteiger partial charge is 0.379 e. The molecule has 0 amide bonds. The molecule has 0 radical (unpaired) electrons. The first-order valence-electron chi connectivity index (χ1n) is 5.12. The van der Waals surface area contributed by atoms with Gasteiger partial charge in [0.2, 0.25) is 0 Å². The van der Waals surface area contributed by atoms with Crippen LogP contribution in [0.15, 0.2) is 30.3 Å². The second kappa shape index (κ2) is 3.75.